The molecular formula is C28H28N4O2S2. The zero-order chi connectivity index (χ0) is 24.7. The largest absolute Gasteiger partial charge is 0.299 e. The molecule has 1 saturated carbocycles. The Bertz CT molecular complexity index is 1170. The zero-order valence-corrected chi connectivity index (χ0v) is 21.6. The van der Waals surface area contributed by atoms with Crippen LogP contribution in [0.2, 0.25) is 0 Å². The maximum absolute atomic E-state index is 12.3. The number of thiophene rings is 2. The summed E-state index contributed by atoms with van der Waals surface area (Å²) in [4.78, 5) is 26.8. The predicted molar refractivity (Wildman–Crippen MR) is 141 cm³/mol. The molecular weight excluding hydrogens is 488 g/mol. The van der Waals surface area contributed by atoms with Crippen LogP contribution in [-0.2, 0) is 35.3 Å². The molecule has 4 aromatic heterocycles. The lowest BCUT2D eigenvalue weighted by Crippen LogP contribution is -2.17. The molecule has 1 aliphatic carbocycles. The fraction of sp³-hybridized carbons (Fsp3) is 0.357. The van der Waals surface area contributed by atoms with E-state index in [1.807, 2.05) is 59.3 Å². The van der Waals surface area contributed by atoms with E-state index in [-0.39, 0.29) is 11.6 Å². The van der Waals surface area contributed by atoms with Gasteiger partial charge in [-0.15, -0.1) is 22.7 Å². The van der Waals surface area contributed by atoms with Crippen molar-refractivity contribution in [2.75, 3.05) is 0 Å². The van der Waals surface area contributed by atoms with Crippen LogP contribution in [0.1, 0.15) is 70.0 Å². The number of nitrogens with zero attached hydrogens (tertiary/aromatic N) is 4. The number of hydrogen-bond donors (Lipinski definition) is 0. The van der Waals surface area contributed by atoms with Crippen LogP contribution in [0, 0.1) is 0 Å². The molecule has 0 bridgehead atoms. The lowest BCUT2D eigenvalue weighted by molar-refractivity contribution is -0.118. The van der Waals surface area contributed by atoms with Crippen LogP contribution in [-0.4, -0.2) is 32.0 Å². The Morgan fingerprint density at radius 3 is 1.56 bits per heavy atom. The van der Waals surface area contributed by atoms with Crippen molar-refractivity contribution in [1.29, 1.82) is 0 Å². The number of carbonyl (C=O) groups is 2. The first kappa shape index (κ1) is 24.6. The smallest absolute Gasteiger partial charge is 0.144 e. The van der Waals surface area contributed by atoms with Gasteiger partial charge in [-0.1, -0.05) is 18.6 Å². The highest BCUT2D eigenvalue weighted by molar-refractivity contribution is 7.10. The summed E-state index contributed by atoms with van der Waals surface area (Å²) in [5.41, 5.74) is 3.42. The van der Waals surface area contributed by atoms with E-state index < -0.39 is 0 Å². The molecule has 5 rings (SSSR count). The summed E-state index contributed by atoms with van der Waals surface area (Å²) >= 11 is 3.21. The predicted octanol–water partition coefficient (Wildman–Crippen LogP) is 5.54. The molecule has 4 heterocycles. The number of rotatable bonds is 10. The molecule has 0 N–H and O–H groups in total. The number of aromatic nitrogens is 4. The molecule has 1 aliphatic rings. The van der Waals surface area contributed by atoms with Gasteiger partial charge in [-0.2, -0.15) is 20.4 Å². The summed E-state index contributed by atoms with van der Waals surface area (Å²) in [5.74, 6) is 0.960. The van der Waals surface area contributed by atoms with Gasteiger partial charge in [0.25, 0.3) is 0 Å². The van der Waals surface area contributed by atoms with Gasteiger partial charge in [0.1, 0.15) is 11.6 Å². The highest BCUT2D eigenvalue weighted by atomic mass is 32.1. The van der Waals surface area contributed by atoms with Crippen LogP contribution in [0.4, 0.5) is 0 Å². The fourth-order valence-corrected chi connectivity index (χ4v) is 6.30. The maximum Gasteiger partial charge on any atom is 0.144 e. The minimum absolute atomic E-state index is 0.160. The van der Waals surface area contributed by atoms with E-state index in [0.717, 1.165) is 58.2 Å². The molecule has 1 fully saturated rings. The number of carbonyl (C=O) groups excluding carboxylic acids is 2. The van der Waals surface area contributed by atoms with Gasteiger partial charge >= 0.3 is 0 Å². The van der Waals surface area contributed by atoms with E-state index in [2.05, 4.69) is 20.4 Å². The number of ketones is 2. The van der Waals surface area contributed by atoms with Crippen molar-refractivity contribution in [2.24, 2.45) is 0 Å². The van der Waals surface area contributed by atoms with Crippen LogP contribution < -0.4 is 0 Å². The van der Waals surface area contributed by atoms with Gasteiger partial charge < -0.3 is 0 Å². The van der Waals surface area contributed by atoms with Gasteiger partial charge in [-0.25, -0.2) is 0 Å². The molecule has 6 nitrogen and oxygen atoms in total. The lowest BCUT2D eigenvalue weighted by atomic mass is 9.78. The van der Waals surface area contributed by atoms with E-state index in [1.54, 1.807) is 22.7 Å². The second-order valence-corrected chi connectivity index (χ2v) is 11.5. The van der Waals surface area contributed by atoms with Crippen molar-refractivity contribution in [2.45, 2.75) is 63.2 Å². The quantitative estimate of drug-likeness (QED) is 0.275. The minimum Gasteiger partial charge on any atom is -0.299 e. The fourth-order valence-electron chi connectivity index (χ4n) is 4.84. The van der Waals surface area contributed by atoms with Gasteiger partial charge in [0.15, 0.2) is 0 Å². The minimum atomic E-state index is 0.160. The highest BCUT2D eigenvalue weighted by Gasteiger charge is 2.27. The van der Waals surface area contributed by atoms with Crippen molar-refractivity contribution in [3.8, 4) is 0 Å². The third-order valence-electron chi connectivity index (χ3n) is 6.65. The standard InChI is InChI=1S/C28H28N4O2S2/c33-23(17-25-6-2-12-35-25)15-21-8-10-27(31-29-21)19-4-1-5-20(14-19)28-11-9-22(30-32-28)16-24(34)18-26-7-3-13-36-26/h2-3,6-13,19-20H,1,4-5,14-18H2/t19-,20?/m0/s1. The molecule has 0 radical (unpaired) electrons. The van der Waals surface area contributed by atoms with Crippen LogP contribution >= 0.6 is 22.7 Å². The Morgan fingerprint density at radius 2 is 1.17 bits per heavy atom. The third-order valence-corrected chi connectivity index (χ3v) is 8.40. The van der Waals surface area contributed by atoms with Crippen molar-refractivity contribution in [3.05, 3.63) is 91.8 Å². The SMILES string of the molecule is O=C(Cc1ccc(C2CCC[C@H](c3ccc(CC(=O)Cc4cccs4)nn3)C2)nn1)Cc1cccs1. The second kappa shape index (κ2) is 11.8. The third kappa shape index (κ3) is 6.56. The molecule has 0 saturated heterocycles. The molecule has 4 aromatic rings. The summed E-state index contributed by atoms with van der Waals surface area (Å²) < 4.78 is 0. The number of Topliss-reactive ketones (excluding diaryl/α,β-unsaturated/α-hetero) is 2. The highest BCUT2D eigenvalue weighted by Crippen LogP contribution is 2.39. The molecule has 1 unspecified atom stereocenters. The summed E-state index contributed by atoms with van der Waals surface area (Å²) in [6.45, 7) is 0. The van der Waals surface area contributed by atoms with E-state index >= 15 is 0 Å². The van der Waals surface area contributed by atoms with Crippen LogP contribution in [0.3, 0.4) is 0 Å². The summed E-state index contributed by atoms with van der Waals surface area (Å²) in [5, 5.41) is 21.7. The average molecular weight is 517 g/mol. The van der Waals surface area contributed by atoms with E-state index in [1.165, 1.54) is 0 Å². The van der Waals surface area contributed by atoms with Crippen molar-refractivity contribution >= 4 is 34.2 Å². The maximum atomic E-state index is 12.3. The Hall–Kier alpha value is -3.10. The first-order valence-corrected chi connectivity index (χ1v) is 14.1. The monoisotopic (exact) mass is 516 g/mol. The summed E-state index contributed by atoms with van der Waals surface area (Å²) in [6, 6.07) is 15.9. The molecule has 0 aliphatic heterocycles. The normalized spacial score (nSPS) is 17.7. The Morgan fingerprint density at radius 1 is 0.667 bits per heavy atom. The summed E-state index contributed by atoms with van der Waals surface area (Å²) in [6.07, 6.45) is 5.74. The Labute approximate surface area is 218 Å². The van der Waals surface area contributed by atoms with E-state index in [4.69, 9.17) is 0 Å². The molecule has 0 aromatic carbocycles. The van der Waals surface area contributed by atoms with Crippen LogP contribution in [0.5, 0.6) is 0 Å². The molecule has 0 amide bonds. The van der Waals surface area contributed by atoms with Crippen LogP contribution in [0.15, 0.2) is 59.3 Å². The average Bonchev–Trinajstić information content (AvgIpc) is 3.59. The molecule has 2 atom stereocenters. The van der Waals surface area contributed by atoms with Gasteiger partial charge in [-0.3, -0.25) is 9.59 Å². The first-order chi connectivity index (χ1) is 17.6. The topological polar surface area (TPSA) is 85.7 Å². The Balaban J connectivity index is 1.15. The zero-order valence-electron chi connectivity index (χ0n) is 20.0. The summed E-state index contributed by atoms with van der Waals surface area (Å²) in [7, 11) is 0. The lowest BCUT2D eigenvalue weighted by Gasteiger charge is -2.28. The molecule has 184 valence electrons. The van der Waals surface area contributed by atoms with E-state index in [0.29, 0.717) is 37.5 Å². The Kier molecular flexibility index (Phi) is 8.03. The van der Waals surface area contributed by atoms with Gasteiger partial charge in [0, 0.05) is 34.4 Å². The van der Waals surface area contributed by atoms with Gasteiger partial charge in [0.05, 0.1) is 35.6 Å². The molecule has 36 heavy (non-hydrogen) atoms. The molecule has 0 spiro atoms. The first-order valence-electron chi connectivity index (χ1n) is 12.4. The van der Waals surface area contributed by atoms with Crippen molar-refractivity contribution < 1.29 is 9.59 Å². The van der Waals surface area contributed by atoms with Gasteiger partial charge in [-0.05, 0) is 66.4 Å². The van der Waals surface area contributed by atoms with Crippen LogP contribution in [0.25, 0.3) is 0 Å². The van der Waals surface area contributed by atoms with Crippen molar-refractivity contribution in [1.82, 2.24) is 20.4 Å². The molecule has 8 heteroatoms. The van der Waals surface area contributed by atoms with Crippen molar-refractivity contribution in [3.63, 3.8) is 0 Å². The number of hydrogen-bond acceptors (Lipinski definition) is 8. The van der Waals surface area contributed by atoms with Gasteiger partial charge in [0.2, 0.25) is 0 Å². The van der Waals surface area contributed by atoms with E-state index in [9.17, 15) is 9.59 Å². The second-order valence-electron chi connectivity index (χ2n) is 9.40.